The Kier molecular flexibility index (Phi) is 6.72. The number of ether oxygens (including phenoxy) is 1. The third kappa shape index (κ3) is 3.61. The monoisotopic (exact) mass is 494 g/mol. The Morgan fingerprint density at radius 1 is 1.06 bits per heavy atom. The first-order valence-corrected chi connectivity index (χ1v) is 12.0. The summed E-state index contributed by atoms with van der Waals surface area (Å²) in [7, 11) is 1.26. The highest BCUT2D eigenvalue weighted by Crippen LogP contribution is 2.51. The highest BCUT2D eigenvalue weighted by molar-refractivity contribution is 6.25. The number of fused-ring (bicyclic) bond motifs is 1. The molecule has 2 aliphatic rings. The first kappa shape index (κ1) is 25.5. The van der Waals surface area contributed by atoms with E-state index in [9.17, 15) is 29.4 Å². The molecule has 5 atom stereocenters. The molecule has 2 aliphatic heterocycles. The number of aryl methyl sites for hydroxylation is 2. The molecule has 2 amide bonds. The molecule has 2 heterocycles. The minimum atomic E-state index is -2.08. The zero-order valence-corrected chi connectivity index (χ0v) is 20.6. The second-order valence-electron chi connectivity index (χ2n) is 9.23. The van der Waals surface area contributed by atoms with Crippen LogP contribution < -0.4 is 10.2 Å². The Balaban J connectivity index is 1.89. The van der Waals surface area contributed by atoms with Crippen LogP contribution in [0.25, 0.3) is 0 Å². The van der Waals surface area contributed by atoms with E-state index in [2.05, 4.69) is 5.32 Å². The second-order valence-corrected chi connectivity index (χ2v) is 9.23. The van der Waals surface area contributed by atoms with Crippen molar-refractivity contribution in [2.24, 2.45) is 11.8 Å². The van der Waals surface area contributed by atoms with Crippen molar-refractivity contribution in [3.8, 4) is 0 Å². The van der Waals surface area contributed by atoms with Gasteiger partial charge in [-0.1, -0.05) is 44.2 Å². The number of benzene rings is 2. The number of methoxy groups -OCH3 is 1. The summed E-state index contributed by atoms with van der Waals surface area (Å²) in [5, 5.41) is 23.9. The van der Waals surface area contributed by atoms with Crippen molar-refractivity contribution in [1.29, 1.82) is 0 Å². The lowest BCUT2D eigenvalue weighted by Gasteiger charge is -2.34. The highest BCUT2D eigenvalue weighted by Gasteiger charge is 2.70. The van der Waals surface area contributed by atoms with Gasteiger partial charge in [-0.05, 0) is 48.6 Å². The van der Waals surface area contributed by atoms with E-state index in [1.165, 1.54) is 26.2 Å². The molecule has 9 heteroatoms. The van der Waals surface area contributed by atoms with E-state index in [0.717, 1.165) is 16.0 Å². The summed E-state index contributed by atoms with van der Waals surface area (Å²) in [4.78, 5) is 53.6. The van der Waals surface area contributed by atoms with Crippen LogP contribution in [0, 0.1) is 11.8 Å². The summed E-state index contributed by atoms with van der Waals surface area (Å²) in [6.07, 6.45) is -0.329. The van der Waals surface area contributed by atoms with Gasteiger partial charge < -0.3 is 14.9 Å². The van der Waals surface area contributed by atoms with Gasteiger partial charge in [0.05, 0.1) is 36.3 Å². The summed E-state index contributed by atoms with van der Waals surface area (Å²) >= 11 is 0. The fourth-order valence-corrected chi connectivity index (χ4v) is 5.65. The first-order valence-electron chi connectivity index (χ1n) is 12.0. The lowest BCUT2D eigenvalue weighted by atomic mass is 9.76. The van der Waals surface area contributed by atoms with Gasteiger partial charge in [-0.15, -0.1) is 0 Å². The summed E-state index contributed by atoms with van der Waals surface area (Å²) < 4.78 is 4.73. The molecule has 0 radical (unpaired) electrons. The van der Waals surface area contributed by atoms with E-state index in [4.69, 9.17) is 4.74 Å². The molecule has 2 saturated heterocycles. The van der Waals surface area contributed by atoms with Crippen molar-refractivity contribution in [2.45, 2.75) is 51.3 Å². The molecule has 9 nitrogen and oxygen atoms in total. The Morgan fingerprint density at radius 2 is 1.64 bits per heavy atom. The molecule has 5 unspecified atom stereocenters. The Bertz CT molecular complexity index is 1200. The number of nitrogens with zero attached hydrogens (tertiary/aromatic N) is 1. The van der Waals surface area contributed by atoms with E-state index in [1.54, 1.807) is 12.1 Å². The number of rotatable bonds is 7. The van der Waals surface area contributed by atoms with Gasteiger partial charge in [0.15, 0.2) is 5.54 Å². The number of aliphatic hydroxyl groups excluding tert-OH is 1. The van der Waals surface area contributed by atoms with E-state index in [-0.39, 0.29) is 5.56 Å². The van der Waals surface area contributed by atoms with Gasteiger partial charge in [-0.3, -0.25) is 19.7 Å². The van der Waals surface area contributed by atoms with E-state index in [0.29, 0.717) is 24.1 Å². The smallest absolute Gasteiger partial charge is 0.337 e. The maximum atomic E-state index is 14.0. The zero-order valence-electron chi connectivity index (χ0n) is 20.6. The Labute approximate surface area is 209 Å². The van der Waals surface area contributed by atoms with Crippen LogP contribution >= 0.6 is 0 Å². The van der Waals surface area contributed by atoms with Gasteiger partial charge in [0, 0.05) is 6.04 Å². The predicted octanol–water partition coefficient (Wildman–Crippen LogP) is 2.25. The van der Waals surface area contributed by atoms with Crippen molar-refractivity contribution in [3.05, 3.63) is 64.7 Å². The number of hydrogen-bond acceptors (Lipinski definition) is 7. The van der Waals surface area contributed by atoms with Crippen molar-refractivity contribution in [2.75, 3.05) is 12.0 Å². The van der Waals surface area contributed by atoms with Crippen LogP contribution in [-0.4, -0.2) is 52.7 Å². The average molecular weight is 495 g/mol. The number of aliphatic hydroxyl groups is 1. The third-order valence-corrected chi connectivity index (χ3v) is 7.49. The Hall–Kier alpha value is -3.56. The van der Waals surface area contributed by atoms with Gasteiger partial charge in [-0.25, -0.2) is 9.69 Å². The maximum Gasteiger partial charge on any atom is 0.337 e. The van der Waals surface area contributed by atoms with Crippen LogP contribution in [0.15, 0.2) is 42.5 Å². The van der Waals surface area contributed by atoms with Crippen LogP contribution in [0.5, 0.6) is 0 Å². The lowest BCUT2D eigenvalue weighted by molar-refractivity contribution is -0.154. The molecule has 2 aromatic carbocycles. The predicted molar refractivity (Wildman–Crippen MR) is 130 cm³/mol. The van der Waals surface area contributed by atoms with Crippen LogP contribution in [0.4, 0.5) is 5.69 Å². The maximum absolute atomic E-state index is 14.0. The summed E-state index contributed by atoms with van der Waals surface area (Å²) in [6.45, 7) is 5.15. The van der Waals surface area contributed by atoms with Crippen LogP contribution in [0.2, 0.25) is 0 Å². The van der Waals surface area contributed by atoms with Crippen molar-refractivity contribution < 1.29 is 34.1 Å². The molecule has 0 bridgehead atoms. The molecule has 36 heavy (non-hydrogen) atoms. The number of amides is 2. The minimum absolute atomic E-state index is 0.288. The van der Waals surface area contributed by atoms with Gasteiger partial charge in [0.2, 0.25) is 11.8 Å². The van der Waals surface area contributed by atoms with Crippen LogP contribution in [-0.2, 0) is 32.0 Å². The van der Waals surface area contributed by atoms with Crippen molar-refractivity contribution in [1.82, 2.24) is 5.32 Å². The number of para-hydroxylation sites is 1. The lowest BCUT2D eigenvalue weighted by Crippen LogP contribution is -2.62. The number of aliphatic carboxylic acids is 1. The SMILES string of the molecule is CCc1cccc(CC)c1N1C(=O)C2C(c3ccc(C(=O)OC)cc3)NC(C(=O)O)(C(C)O)C2C1=O. The molecule has 2 fully saturated rings. The van der Waals surface area contributed by atoms with Crippen molar-refractivity contribution >= 4 is 29.4 Å². The normalized spacial score (nSPS) is 26.1. The van der Waals surface area contributed by atoms with Gasteiger partial charge in [0.1, 0.15) is 0 Å². The summed E-state index contributed by atoms with van der Waals surface area (Å²) in [6, 6.07) is 10.9. The van der Waals surface area contributed by atoms with Crippen LogP contribution in [0.3, 0.4) is 0 Å². The number of carboxylic acid groups (broad SMARTS) is 1. The fourth-order valence-electron chi connectivity index (χ4n) is 5.65. The molecular weight excluding hydrogens is 464 g/mol. The minimum Gasteiger partial charge on any atom is -0.480 e. The van der Waals surface area contributed by atoms with E-state index in [1.807, 2.05) is 32.0 Å². The topological polar surface area (TPSA) is 133 Å². The number of carboxylic acids is 1. The van der Waals surface area contributed by atoms with E-state index >= 15 is 0 Å². The molecule has 4 rings (SSSR count). The average Bonchev–Trinajstić information content (AvgIpc) is 3.37. The number of carbonyl (C=O) groups excluding carboxylic acids is 3. The third-order valence-electron chi connectivity index (χ3n) is 7.49. The number of hydrogen-bond donors (Lipinski definition) is 3. The molecule has 0 spiro atoms. The number of esters is 1. The summed E-state index contributed by atoms with van der Waals surface area (Å²) in [5.41, 5.74) is 0.837. The molecule has 0 saturated carbocycles. The quantitative estimate of drug-likeness (QED) is 0.394. The van der Waals surface area contributed by atoms with Gasteiger partial charge >= 0.3 is 11.9 Å². The highest BCUT2D eigenvalue weighted by atomic mass is 16.5. The Morgan fingerprint density at radius 3 is 2.11 bits per heavy atom. The molecule has 0 aromatic heterocycles. The van der Waals surface area contributed by atoms with Crippen LogP contribution in [0.1, 0.15) is 53.9 Å². The summed E-state index contributed by atoms with van der Waals surface area (Å²) in [5.74, 6) is -5.51. The number of imide groups is 1. The van der Waals surface area contributed by atoms with Gasteiger partial charge in [-0.2, -0.15) is 0 Å². The number of anilines is 1. The molecular formula is C27H30N2O7. The molecule has 190 valence electrons. The van der Waals surface area contributed by atoms with E-state index < -0.39 is 53.3 Å². The molecule has 3 N–H and O–H groups in total. The standard InChI is InChI=1S/C27H30N2O7/c1-5-15-8-7-9-16(6-2)22(15)29-23(31)19-20(24(29)32)27(14(3)30,26(34)35)28-21(19)17-10-12-18(13-11-17)25(33)36-4/h7-14,19-21,28,30H,5-6H2,1-4H3,(H,34,35). The molecule has 0 aliphatic carbocycles. The van der Waals surface area contributed by atoms with Crippen molar-refractivity contribution in [3.63, 3.8) is 0 Å². The first-order chi connectivity index (χ1) is 17.1. The number of carbonyl (C=O) groups is 4. The number of nitrogens with one attached hydrogen (secondary N) is 1. The molecule has 2 aromatic rings. The van der Waals surface area contributed by atoms with Gasteiger partial charge in [0.25, 0.3) is 0 Å². The largest absolute Gasteiger partial charge is 0.480 e. The fraction of sp³-hybridized carbons (Fsp3) is 0.407. The second kappa shape index (κ2) is 9.48. The zero-order chi connectivity index (χ0) is 26.4.